The summed E-state index contributed by atoms with van der Waals surface area (Å²) in [5.41, 5.74) is -0.344. The third-order valence-corrected chi connectivity index (χ3v) is 3.61. The van der Waals surface area contributed by atoms with Crippen molar-refractivity contribution in [3.63, 3.8) is 0 Å². The van der Waals surface area contributed by atoms with Crippen LogP contribution in [-0.2, 0) is 9.53 Å². The lowest BCUT2D eigenvalue weighted by molar-refractivity contribution is -0.155. The number of hydrogen-bond acceptors (Lipinski definition) is 2. The van der Waals surface area contributed by atoms with E-state index >= 15 is 0 Å². The number of carbonyl (C=O) groups excluding carboxylic acids is 1. The molecule has 0 rings (SSSR count). The molecule has 0 amide bonds. The van der Waals surface area contributed by atoms with Crippen LogP contribution in [0.4, 0.5) is 0 Å². The molecule has 0 spiro atoms. The molecule has 0 radical (unpaired) electrons. The Morgan fingerprint density at radius 1 is 1.06 bits per heavy atom. The average Bonchev–Trinajstić information content (AvgIpc) is 2.24. The summed E-state index contributed by atoms with van der Waals surface area (Å²) in [5.74, 6) is 1.84. The van der Waals surface area contributed by atoms with Crippen LogP contribution in [0.3, 0.4) is 0 Å². The van der Waals surface area contributed by atoms with Gasteiger partial charge in [-0.1, -0.05) is 34.6 Å². The third-order valence-electron chi connectivity index (χ3n) is 3.61. The largest absolute Gasteiger partial charge is 0.465 e. The minimum Gasteiger partial charge on any atom is -0.465 e. The first-order valence-corrected chi connectivity index (χ1v) is 7.36. The van der Waals surface area contributed by atoms with E-state index in [2.05, 4.69) is 27.7 Å². The van der Waals surface area contributed by atoms with Gasteiger partial charge in [-0.15, -0.1) is 0 Å². The van der Waals surface area contributed by atoms with Gasteiger partial charge in [0.2, 0.25) is 0 Å². The lowest BCUT2D eigenvalue weighted by atomic mass is 9.90. The normalized spacial score (nSPS) is 15.6. The van der Waals surface area contributed by atoms with Crippen molar-refractivity contribution in [1.29, 1.82) is 0 Å². The smallest absolute Gasteiger partial charge is 0.311 e. The second kappa shape index (κ2) is 7.81. The zero-order chi connectivity index (χ0) is 14.3. The second-order valence-corrected chi connectivity index (χ2v) is 6.91. The zero-order valence-corrected chi connectivity index (χ0v) is 13.4. The molecule has 0 aliphatic carbocycles. The summed E-state index contributed by atoms with van der Waals surface area (Å²) >= 11 is 0. The van der Waals surface area contributed by atoms with Gasteiger partial charge in [-0.05, 0) is 50.9 Å². The molecular weight excluding hydrogens is 224 g/mol. The van der Waals surface area contributed by atoms with E-state index in [1.807, 2.05) is 20.8 Å². The van der Waals surface area contributed by atoms with E-state index in [9.17, 15) is 4.79 Å². The Kier molecular flexibility index (Phi) is 7.58. The molecule has 2 unspecified atom stereocenters. The standard InChI is InChI=1S/C16H32O2/c1-8-16(6,7)15(17)18-11-14(5)10-13(4)9-12(2)3/h12-14H,8-11H2,1-7H3. The van der Waals surface area contributed by atoms with Crippen LogP contribution in [0.15, 0.2) is 0 Å². The summed E-state index contributed by atoms with van der Waals surface area (Å²) in [6.07, 6.45) is 3.21. The zero-order valence-electron chi connectivity index (χ0n) is 13.4. The van der Waals surface area contributed by atoms with Gasteiger partial charge in [-0.25, -0.2) is 0 Å². The van der Waals surface area contributed by atoms with Gasteiger partial charge in [-0.2, -0.15) is 0 Å². The minimum absolute atomic E-state index is 0.0617. The van der Waals surface area contributed by atoms with Gasteiger partial charge in [0.15, 0.2) is 0 Å². The molecule has 0 aliphatic heterocycles. The van der Waals surface area contributed by atoms with Crippen LogP contribution in [0.1, 0.15) is 67.7 Å². The molecule has 0 N–H and O–H groups in total. The lowest BCUT2D eigenvalue weighted by Gasteiger charge is -2.23. The van der Waals surface area contributed by atoms with Gasteiger partial charge < -0.3 is 4.74 Å². The molecular formula is C16H32O2. The van der Waals surface area contributed by atoms with E-state index in [4.69, 9.17) is 4.74 Å². The van der Waals surface area contributed by atoms with E-state index < -0.39 is 0 Å². The van der Waals surface area contributed by atoms with Gasteiger partial charge in [0, 0.05) is 0 Å². The molecule has 2 atom stereocenters. The molecule has 2 heteroatoms. The predicted molar refractivity (Wildman–Crippen MR) is 77.4 cm³/mol. The van der Waals surface area contributed by atoms with Crippen molar-refractivity contribution in [2.75, 3.05) is 6.61 Å². The molecule has 0 bridgehead atoms. The summed E-state index contributed by atoms with van der Waals surface area (Å²) in [6.45, 7) is 15.4. The van der Waals surface area contributed by atoms with Crippen LogP contribution in [0.2, 0.25) is 0 Å². The molecule has 2 nitrogen and oxygen atoms in total. The first-order chi connectivity index (χ1) is 8.19. The maximum atomic E-state index is 11.8. The third kappa shape index (κ3) is 7.03. The first-order valence-electron chi connectivity index (χ1n) is 7.36. The van der Waals surface area contributed by atoms with Crippen molar-refractivity contribution in [3.05, 3.63) is 0 Å². The summed E-state index contributed by atoms with van der Waals surface area (Å²) in [7, 11) is 0. The fourth-order valence-electron chi connectivity index (χ4n) is 2.21. The minimum atomic E-state index is -0.344. The monoisotopic (exact) mass is 256 g/mol. The molecule has 0 fully saturated rings. The Morgan fingerprint density at radius 3 is 2.06 bits per heavy atom. The maximum absolute atomic E-state index is 11.8. The molecule has 0 saturated carbocycles. The van der Waals surface area contributed by atoms with Crippen LogP contribution in [-0.4, -0.2) is 12.6 Å². The number of carbonyl (C=O) groups is 1. The van der Waals surface area contributed by atoms with Crippen molar-refractivity contribution < 1.29 is 9.53 Å². The molecule has 0 aromatic carbocycles. The Balaban J connectivity index is 3.97. The molecule has 0 aliphatic rings. The highest BCUT2D eigenvalue weighted by Gasteiger charge is 2.27. The van der Waals surface area contributed by atoms with Crippen LogP contribution in [0, 0.1) is 23.2 Å². The fraction of sp³-hybridized carbons (Fsp3) is 0.938. The molecule has 0 aromatic heterocycles. The molecule has 18 heavy (non-hydrogen) atoms. The predicted octanol–water partition coefficient (Wildman–Crippen LogP) is 4.67. The summed E-state index contributed by atoms with van der Waals surface area (Å²) in [6, 6.07) is 0. The Bertz CT molecular complexity index is 243. The highest BCUT2D eigenvalue weighted by Crippen LogP contribution is 2.23. The van der Waals surface area contributed by atoms with Crippen LogP contribution >= 0.6 is 0 Å². The maximum Gasteiger partial charge on any atom is 0.311 e. The quantitative estimate of drug-likeness (QED) is 0.590. The average molecular weight is 256 g/mol. The van der Waals surface area contributed by atoms with Crippen LogP contribution < -0.4 is 0 Å². The number of esters is 1. The molecule has 108 valence electrons. The van der Waals surface area contributed by atoms with Crippen molar-refractivity contribution in [1.82, 2.24) is 0 Å². The van der Waals surface area contributed by atoms with Crippen LogP contribution in [0.5, 0.6) is 0 Å². The summed E-state index contributed by atoms with van der Waals surface area (Å²) < 4.78 is 5.43. The van der Waals surface area contributed by atoms with Crippen molar-refractivity contribution in [2.45, 2.75) is 67.7 Å². The van der Waals surface area contributed by atoms with Gasteiger partial charge >= 0.3 is 5.97 Å². The number of ether oxygens (including phenoxy) is 1. The van der Waals surface area contributed by atoms with E-state index in [0.717, 1.165) is 18.8 Å². The number of rotatable bonds is 8. The topological polar surface area (TPSA) is 26.3 Å². The van der Waals surface area contributed by atoms with E-state index in [1.165, 1.54) is 6.42 Å². The van der Waals surface area contributed by atoms with Crippen molar-refractivity contribution >= 4 is 5.97 Å². The van der Waals surface area contributed by atoms with Gasteiger partial charge in [0.05, 0.1) is 12.0 Å². The SMILES string of the molecule is CCC(C)(C)C(=O)OCC(C)CC(C)CC(C)C. The van der Waals surface area contributed by atoms with Gasteiger partial charge in [0.25, 0.3) is 0 Å². The lowest BCUT2D eigenvalue weighted by Crippen LogP contribution is -2.27. The summed E-state index contributed by atoms with van der Waals surface area (Å²) in [4.78, 5) is 11.8. The highest BCUT2D eigenvalue weighted by molar-refractivity contribution is 5.75. The van der Waals surface area contributed by atoms with Gasteiger partial charge in [0.1, 0.15) is 0 Å². The highest BCUT2D eigenvalue weighted by atomic mass is 16.5. The Hall–Kier alpha value is -0.530. The van der Waals surface area contributed by atoms with Crippen molar-refractivity contribution in [2.24, 2.45) is 23.2 Å². The molecule has 0 aromatic rings. The molecule has 0 saturated heterocycles. The van der Waals surface area contributed by atoms with E-state index in [1.54, 1.807) is 0 Å². The Labute approximate surface area is 113 Å². The van der Waals surface area contributed by atoms with E-state index in [0.29, 0.717) is 18.4 Å². The number of hydrogen-bond donors (Lipinski definition) is 0. The van der Waals surface area contributed by atoms with E-state index in [-0.39, 0.29) is 11.4 Å². The first kappa shape index (κ1) is 17.5. The fourth-order valence-corrected chi connectivity index (χ4v) is 2.21. The Morgan fingerprint density at radius 2 is 1.61 bits per heavy atom. The van der Waals surface area contributed by atoms with Gasteiger partial charge in [-0.3, -0.25) is 4.79 Å². The second-order valence-electron chi connectivity index (χ2n) is 6.91. The summed E-state index contributed by atoms with van der Waals surface area (Å²) in [5, 5.41) is 0. The molecule has 0 heterocycles. The van der Waals surface area contributed by atoms with Crippen LogP contribution in [0.25, 0.3) is 0 Å². The van der Waals surface area contributed by atoms with Crippen molar-refractivity contribution in [3.8, 4) is 0 Å².